The molecule has 34 heavy (non-hydrogen) atoms. The number of aryl methyl sites for hydroxylation is 1. The highest BCUT2D eigenvalue weighted by atomic mass is 19.4. The van der Waals surface area contributed by atoms with E-state index in [2.05, 4.69) is 20.4 Å². The van der Waals surface area contributed by atoms with E-state index in [9.17, 15) is 17.6 Å². The number of hydrogen-bond donors (Lipinski definition) is 1. The minimum atomic E-state index is -4.80. The summed E-state index contributed by atoms with van der Waals surface area (Å²) in [4.78, 5) is 4.07. The van der Waals surface area contributed by atoms with Crippen LogP contribution in [0.2, 0.25) is 0 Å². The molecule has 4 rings (SSSR count). The summed E-state index contributed by atoms with van der Waals surface area (Å²) >= 11 is 0. The van der Waals surface area contributed by atoms with Gasteiger partial charge in [0.15, 0.2) is 5.82 Å². The molecule has 1 fully saturated rings. The van der Waals surface area contributed by atoms with E-state index in [0.717, 1.165) is 19.5 Å². The second kappa shape index (κ2) is 8.98. The Balaban J connectivity index is 1.73. The molecular weight excluding hydrogens is 453 g/mol. The first kappa shape index (κ1) is 24.1. The zero-order chi connectivity index (χ0) is 24.8. The zero-order valence-electron chi connectivity index (χ0n) is 19.3. The molecule has 1 saturated heterocycles. The number of alkyl halides is 3. The van der Waals surface area contributed by atoms with Crippen LogP contribution in [-0.2, 0) is 6.18 Å². The summed E-state index contributed by atoms with van der Waals surface area (Å²) in [5, 5.41) is 12.3. The third kappa shape index (κ3) is 4.51. The van der Waals surface area contributed by atoms with E-state index in [1.54, 1.807) is 13.0 Å². The molecule has 1 N–H and O–H groups in total. The van der Waals surface area contributed by atoms with Gasteiger partial charge in [-0.2, -0.15) is 18.3 Å². The van der Waals surface area contributed by atoms with Gasteiger partial charge in [0.05, 0.1) is 23.0 Å². The van der Waals surface area contributed by atoms with Gasteiger partial charge in [-0.25, -0.2) is 8.78 Å². The van der Waals surface area contributed by atoms with E-state index in [1.807, 2.05) is 19.0 Å². The van der Waals surface area contributed by atoms with Gasteiger partial charge in [0, 0.05) is 36.0 Å². The largest absolute Gasteiger partial charge is 0.419 e. The molecule has 182 valence electrons. The lowest BCUT2D eigenvalue weighted by Crippen LogP contribution is -2.34. The van der Waals surface area contributed by atoms with Crippen molar-refractivity contribution in [2.24, 2.45) is 0 Å². The molecule has 5 nitrogen and oxygen atoms in total. The Kier molecular flexibility index (Phi) is 6.37. The highest BCUT2D eigenvalue weighted by molar-refractivity contribution is 5.95. The third-order valence-corrected chi connectivity index (χ3v) is 6.48. The number of benzene rings is 2. The number of likely N-dealkylation sites (tertiary alicyclic amines) is 1. The Labute approximate surface area is 194 Å². The van der Waals surface area contributed by atoms with E-state index in [4.69, 9.17) is 0 Å². The SMILES string of the molecule is Cc1nnc(N[C@H](C)c2cccc(C(F)(F)F)c2F)c2cc(N(C)[C@H]3CCN(C)C3)c(F)cc12. The second-order valence-electron chi connectivity index (χ2n) is 8.87. The summed E-state index contributed by atoms with van der Waals surface area (Å²) in [6, 6.07) is 5.52. The molecule has 0 spiro atoms. The molecule has 0 radical (unpaired) electrons. The first-order valence-corrected chi connectivity index (χ1v) is 11.0. The molecule has 1 aliphatic rings. The summed E-state index contributed by atoms with van der Waals surface area (Å²) in [5.74, 6) is -1.50. The van der Waals surface area contributed by atoms with Crippen molar-refractivity contribution < 1.29 is 22.0 Å². The number of rotatable bonds is 5. The van der Waals surface area contributed by atoms with Gasteiger partial charge in [-0.3, -0.25) is 0 Å². The van der Waals surface area contributed by atoms with Gasteiger partial charge >= 0.3 is 6.18 Å². The van der Waals surface area contributed by atoms with E-state index in [-0.39, 0.29) is 17.4 Å². The van der Waals surface area contributed by atoms with Crippen LogP contribution in [0.25, 0.3) is 10.8 Å². The molecule has 1 aliphatic heterocycles. The van der Waals surface area contributed by atoms with Crippen LogP contribution >= 0.6 is 0 Å². The van der Waals surface area contributed by atoms with E-state index >= 15 is 4.39 Å². The Bertz CT molecular complexity index is 1210. The maximum atomic E-state index is 15.1. The summed E-state index contributed by atoms with van der Waals surface area (Å²) in [6.45, 7) is 4.96. The number of fused-ring (bicyclic) bond motifs is 1. The van der Waals surface area contributed by atoms with Crippen LogP contribution in [0.1, 0.15) is 36.2 Å². The number of nitrogens with zero attached hydrogens (tertiary/aromatic N) is 4. The zero-order valence-corrected chi connectivity index (χ0v) is 19.3. The number of anilines is 2. The Morgan fingerprint density at radius 2 is 1.88 bits per heavy atom. The molecule has 3 aromatic rings. The first-order valence-electron chi connectivity index (χ1n) is 11.0. The predicted molar refractivity (Wildman–Crippen MR) is 122 cm³/mol. The average molecular weight is 479 g/mol. The van der Waals surface area contributed by atoms with Crippen molar-refractivity contribution in [1.29, 1.82) is 0 Å². The van der Waals surface area contributed by atoms with E-state index < -0.39 is 29.4 Å². The number of likely N-dealkylation sites (N-methyl/N-ethyl adjacent to an activating group) is 2. The average Bonchev–Trinajstić information content (AvgIpc) is 3.20. The fourth-order valence-electron chi connectivity index (χ4n) is 4.48. The summed E-state index contributed by atoms with van der Waals surface area (Å²) in [7, 11) is 3.85. The Hall–Kier alpha value is -3.01. The van der Waals surface area contributed by atoms with E-state index in [0.29, 0.717) is 28.2 Å². The van der Waals surface area contributed by atoms with E-state index in [1.165, 1.54) is 25.1 Å². The smallest absolute Gasteiger partial charge is 0.368 e. The molecule has 1 aromatic heterocycles. The topological polar surface area (TPSA) is 44.3 Å². The van der Waals surface area contributed by atoms with Crippen LogP contribution in [0, 0.1) is 18.6 Å². The number of nitrogens with one attached hydrogen (secondary N) is 1. The minimum absolute atomic E-state index is 0.141. The van der Waals surface area contributed by atoms with Gasteiger partial charge in [-0.15, -0.1) is 5.10 Å². The van der Waals surface area contributed by atoms with Crippen molar-refractivity contribution in [3.8, 4) is 0 Å². The predicted octanol–water partition coefficient (Wildman–Crippen LogP) is 5.55. The third-order valence-electron chi connectivity index (χ3n) is 6.48. The van der Waals surface area contributed by atoms with Crippen LogP contribution < -0.4 is 10.2 Å². The lowest BCUT2D eigenvalue weighted by atomic mass is 10.0. The molecule has 10 heteroatoms. The molecule has 2 heterocycles. The fraction of sp³-hybridized carbons (Fsp3) is 0.417. The van der Waals surface area contributed by atoms with Gasteiger partial charge in [0.25, 0.3) is 0 Å². The Morgan fingerprint density at radius 1 is 1.15 bits per heavy atom. The van der Waals surface area contributed by atoms with Crippen molar-refractivity contribution in [3.05, 3.63) is 58.8 Å². The van der Waals surface area contributed by atoms with Crippen LogP contribution in [0.3, 0.4) is 0 Å². The van der Waals surface area contributed by atoms with Crippen molar-refractivity contribution >= 4 is 22.3 Å². The highest BCUT2D eigenvalue weighted by Gasteiger charge is 2.35. The molecule has 0 amide bonds. The maximum absolute atomic E-state index is 15.1. The van der Waals surface area contributed by atoms with Crippen molar-refractivity contribution in [2.45, 2.75) is 38.5 Å². The lowest BCUT2D eigenvalue weighted by Gasteiger charge is -2.27. The van der Waals surface area contributed by atoms with Gasteiger partial charge in [0.2, 0.25) is 0 Å². The second-order valence-corrected chi connectivity index (χ2v) is 8.87. The first-order chi connectivity index (χ1) is 16.0. The van der Waals surface area contributed by atoms with Gasteiger partial charge in [-0.1, -0.05) is 12.1 Å². The number of hydrogen-bond acceptors (Lipinski definition) is 5. The van der Waals surface area contributed by atoms with Crippen molar-refractivity contribution in [1.82, 2.24) is 15.1 Å². The van der Waals surface area contributed by atoms with Crippen molar-refractivity contribution in [2.75, 3.05) is 37.4 Å². The lowest BCUT2D eigenvalue weighted by molar-refractivity contribution is -0.140. The molecule has 0 saturated carbocycles. The molecule has 0 bridgehead atoms. The van der Waals surface area contributed by atoms with Gasteiger partial charge in [-0.05, 0) is 52.1 Å². The van der Waals surface area contributed by atoms with Crippen LogP contribution in [-0.4, -0.2) is 48.3 Å². The van der Waals surface area contributed by atoms with Crippen LogP contribution in [0.15, 0.2) is 30.3 Å². The number of aromatic nitrogens is 2. The quantitative estimate of drug-likeness (QED) is 0.487. The molecule has 2 atom stereocenters. The Morgan fingerprint density at radius 3 is 2.53 bits per heavy atom. The number of halogens is 5. The van der Waals surface area contributed by atoms with Gasteiger partial charge in [0.1, 0.15) is 11.6 Å². The molecule has 0 aliphatic carbocycles. The summed E-state index contributed by atoms with van der Waals surface area (Å²) in [6.07, 6.45) is -3.91. The highest BCUT2D eigenvalue weighted by Crippen LogP contribution is 2.36. The monoisotopic (exact) mass is 479 g/mol. The standard InChI is InChI=1S/C24H26F5N5/c1-13(16-6-5-7-19(22(16)26)24(27,28)29)30-23-18-11-21(34(4)15-8-9-33(3)12-15)20(25)10-17(18)14(2)31-32-23/h5-7,10-11,13,15H,8-9,12H2,1-4H3,(H,30,32)/t13-,15+/m1/s1. The minimum Gasteiger partial charge on any atom is -0.368 e. The van der Waals surface area contributed by atoms with Crippen LogP contribution in [0.4, 0.5) is 33.5 Å². The maximum Gasteiger partial charge on any atom is 0.419 e. The van der Waals surface area contributed by atoms with Crippen LogP contribution in [0.5, 0.6) is 0 Å². The molecule has 0 unspecified atom stereocenters. The summed E-state index contributed by atoms with van der Waals surface area (Å²) in [5.41, 5.74) is -0.585. The molecular formula is C24H26F5N5. The van der Waals surface area contributed by atoms with Crippen molar-refractivity contribution in [3.63, 3.8) is 0 Å². The summed E-state index contributed by atoms with van der Waals surface area (Å²) < 4.78 is 69.2. The molecule has 2 aromatic carbocycles. The normalized spacial score (nSPS) is 17.9. The fourth-order valence-corrected chi connectivity index (χ4v) is 4.48. The van der Waals surface area contributed by atoms with Gasteiger partial charge < -0.3 is 15.1 Å².